The molecule has 1 aliphatic rings. The topological polar surface area (TPSA) is 0 Å². The minimum Gasteiger partial charge on any atom is -0.137 e. The van der Waals surface area contributed by atoms with E-state index >= 15 is 0 Å². The molecule has 0 spiro atoms. The summed E-state index contributed by atoms with van der Waals surface area (Å²) in [4.78, 5) is 1.45. The molecular weight excluding hydrogens is 280 g/mol. The summed E-state index contributed by atoms with van der Waals surface area (Å²) < 4.78 is 1.49. The highest BCUT2D eigenvalue weighted by Crippen LogP contribution is 2.45. The van der Waals surface area contributed by atoms with Crippen LogP contribution in [0.15, 0.2) is 57.0 Å². The Morgan fingerprint density at radius 3 is 3.00 bits per heavy atom. The molecule has 0 N–H and O–H groups in total. The van der Waals surface area contributed by atoms with E-state index < -0.39 is 0 Å². The van der Waals surface area contributed by atoms with Crippen molar-refractivity contribution in [3.05, 3.63) is 59.0 Å². The van der Waals surface area contributed by atoms with Crippen molar-refractivity contribution in [2.24, 2.45) is 0 Å². The van der Waals surface area contributed by atoms with Crippen LogP contribution in [0.2, 0.25) is 0 Å². The molecular formula is C18H20S2. The molecule has 0 saturated heterocycles. The van der Waals surface area contributed by atoms with E-state index in [9.17, 15) is 0 Å². The standard InChI is InChI=1S/C18H20S2/c1-13(2)6-5-7-14-12-15-10-11-19-18(15)20-17-9-4-3-8-16(14)17/h3-4,8-11,14H,1,5-7,12H2,2H3/t14-/m0/s1. The zero-order valence-corrected chi connectivity index (χ0v) is 13.5. The van der Waals surface area contributed by atoms with Gasteiger partial charge in [-0.15, -0.1) is 17.9 Å². The van der Waals surface area contributed by atoms with Crippen LogP contribution in [-0.2, 0) is 6.42 Å². The van der Waals surface area contributed by atoms with Gasteiger partial charge in [0.2, 0.25) is 0 Å². The van der Waals surface area contributed by atoms with Crippen LogP contribution in [0.1, 0.15) is 43.2 Å². The number of hydrogen-bond donors (Lipinski definition) is 0. The van der Waals surface area contributed by atoms with Crippen LogP contribution in [0, 0.1) is 0 Å². The zero-order valence-electron chi connectivity index (χ0n) is 11.9. The lowest BCUT2D eigenvalue weighted by molar-refractivity contribution is 0.580. The van der Waals surface area contributed by atoms with Gasteiger partial charge in [-0.1, -0.05) is 35.5 Å². The molecule has 104 valence electrons. The van der Waals surface area contributed by atoms with E-state index in [-0.39, 0.29) is 0 Å². The van der Waals surface area contributed by atoms with Crippen LogP contribution in [0.5, 0.6) is 0 Å². The Bertz CT molecular complexity index is 609. The lowest BCUT2D eigenvalue weighted by Crippen LogP contribution is -2.03. The molecule has 0 unspecified atom stereocenters. The Balaban J connectivity index is 1.86. The van der Waals surface area contributed by atoms with Crippen molar-refractivity contribution in [2.75, 3.05) is 0 Å². The molecule has 2 heteroatoms. The fourth-order valence-corrected chi connectivity index (χ4v) is 5.12. The Kier molecular flexibility index (Phi) is 4.32. The second-order valence-corrected chi connectivity index (χ2v) is 7.85. The summed E-state index contributed by atoms with van der Waals surface area (Å²) in [6.45, 7) is 6.16. The monoisotopic (exact) mass is 300 g/mol. The highest BCUT2D eigenvalue weighted by Gasteiger charge is 2.22. The normalized spacial score (nSPS) is 17.1. The zero-order chi connectivity index (χ0) is 13.9. The fraction of sp³-hybridized carbons (Fsp3) is 0.333. The maximum absolute atomic E-state index is 4.03. The maximum Gasteiger partial charge on any atom is 0.0678 e. The Morgan fingerprint density at radius 2 is 2.15 bits per heavy atom. The molecule has 0 aliphatic carbocycles. The SMILES string of the molecule is C=C(C)CCC[C@H]1Cc2ccsc2Sc2ccccc21. The molecule has 1 aliphatic heterocycles. The summed E-state index contributed by atoms with van der Waals surface area (Å²) in [6, 6.07) is 11.3. The molecule has 0 amide bonds. The van der Waals surface area contributed by atoms with E-state index in [1.807, 2.05) is 23.1 Å². The van der Waals surface area contributed by atoms with Crippen molar-refractivity contribution in [3.8, 4) is 0 Å². The van der Waals surface area contributed by atoms with Crippen molar-refractivity contribution in [2.45, 2.75) is 47.6 Å². The predicted octanol–water partition coefficient (Wildman–Crippen LogP) is 6.29. The molecule has 2 heterocycles. The Hall–Kier alpha value is -0.990. The fourth-order valence-electron chi connectivity index (χ4n) is 2.86. The third-order valence-electron chi connectivity index (χ3n) is 3.89. The number of thiophene rings is 1. The van der Waals surface area contributed by atoms with Crippen LogP contribution < -0.4 is 0 Å². The summed E-state index contributed by atoms with van der Waals surface area (Å²) in [5, 5.41) is 2.23. The second-order valence-electron chi connectivity index (χ2n) is 5.62. The van der Waals surface area contributed by atoms with Gasteiger partial charge in [-0.25, -0.2) is 0 Å². The predicted molar refractivity (Wildman–Crippen MR) is 90.0 cm³/mol. The van der Waals surface area contributed by atoms with Crippen molar-refractivity contribution < 1.29 is 0 Å². The first-order valence-corrected chi connectivity index (χ1v) is 8.91. The number of benzene rings is 1. The molecule has 0 radical (unpaired) electrons. The van der Waals surface area contributed by atoms with E-state index in [4.69, 9.17) is 0 Å². The maximum atomic E-state index is 4.03. The number of allylic oxidation sites excluding steroid dienone is 1. The van der Waals surface area contributed by atoms with Gasteiger partial charge in [0.05, 0.1) is 4.21 Å². The van der Waals surface area contributed by atoms with Gasteiger partial charge < -0.3 is 0 Å². The quantitative estimate of drug-likeness (QED) is 0.598. The van der Waals surface area contributed by atoms with Crippen molar-refractivity contribution in [3.63, 3.8) is 0 Å². The largest absolute Gasteiger partial charge is 0.137 e. The van der Waals surface area contributed by atoms with Gasteiger partial charge in [0, 0.05) is 4.90 Å². The Labute approximate surface area is 129 Å². The van der Waals surface area contributed by atoms with Crippen LogP contribution in [0.25, 0.3) is 0 Å². The summed E-state index contributed by atoms with van der Waals surface area (Å²) in [5.41, 5.74) is 4.39. The van der Waals surface area contributed by atoms with E-state index in [1.54, 1.807) is 5.56 Å². The smallest absolute Gasteiger partial charge is 0.0678 e. The Morgan fingerprint density at radius 1 is 1.30 bits per heavy atom. The van der Waals surface area contributed by atoms with E-state index in [2.05, 4.69) is 49.2 Å². The average Bonchev–Trinajstić information content (AvgIpc) is 2.79. The van der Waals surface area contributed by atoms with Crippen LogP contribution in [0.4, 0.5) is 0 Å². The highest BCUT2D eigenvalue weighted by atomic mass is 32.2. The van der Waals surface area contributed by atoms with Crippen molar-refractivity contribution in [1.29, 1.82) is 0 Å². The first kappa shape index (κ1) is 14.0. The van der Waals surface area contributed by atoms with Gasteiger partial charge in [0.1, 0.15) is 0 Å². The molecule has 0 fully saturated rings. The molecule has 1 aromatic carbocycles. The first-order valence-electron chi connectivity index (χ1n) is 7.21. The molecule has 2 aromatic rings. The average molecular weight is 300 g/mol. The number of hydrogen-bond acceptors (Lipinski definition) is 2. The van der Waals surface area contributed by atoms with Gasteiger partial charge in [0.15, 0.2) is 0 Å². The summed E-state index contributed by atoms with van der Waals surface area (Å²) in [7, 11) is 0. The molecule has 3 rings (SSSR count). The number of rotatable bonds is 4. The highest BCUT2D eigenvalue weighted by molar-refractivity contribution is 8.01. The van der Waals surface area contributed by atoms with Crippen molar-refractivity contribution >= 4 is 23.1 Å². The van der Waals surface area contributed by atoms with Gasteiger partial charge >= 0.3 is 0 Å². The lowest BCUT2D eigenvalue weighted by Gasteiger charge is -2.17. The van der Waals surface area contributed by atoms with Gasteiger partial charge in [-0.2, -0.15) is 0 Å². The van der Waals surface area contributed by atoms with Gasteiger partial charge in [0.25, 0.3) is 0 Å². The molecule has 1 aromatic heterocycles. The second kappa shape index (κ2) is 6.19. The molecule has 0 saturated carbocycles. The molecule has 1 atom stereocenters. The third kappa shape index (κ3) is 3.02. The van der Waals surface area contributed by atoms with Crippen LogP contribution in [0.3, 0.4) is 0 Å². The molecule has 0 bridgehead atoms. The van der Waals surface area contributed by atoms with Crippen molar-refractivity contribution in [1.82, 2.24) is 0 Å². The molecule has 0 nitrogen and oxygen atoms in total. The summed E-state index contributed by atoms with van der Waals surface area (Å²) in [5.74, 6) is 0.661. The van der Waals surface area contributed by atoms with Crippen LogP contribution >= 0.6 is 23.1 Å². The summed E-state index contributed by atoms with van der Waals surface area (Å²) in [6.07, 6.45) is 4.86. The lowest BCUT2D eigenvalue weighted by atomic mass is 9.88. The molecule has 20 heavy (non-hydrogen) atoms. The van der Waals surface area contributed by atoms with Crippen LogP contribution in [-0.4, -0.2) is 0 Å². The number of fused-ring (bicyclic) bond motifs is 2. The van der Waals surface area contributed by atoms with Gasteiger partial charge in [-0.05, 0) is 67.2 Å². The van der Waals surface area contributed by atoms with E-state index in [1.165, 1.54) is 39.5 Å². The minimum absolute atomic E-state index is 0.661. The first-order chi connectivity index (χ1) is 9.74. The summed E-state index contributed by atoms with van der Waals surface area (Å²) >= 11 is 3.84. The minimum atomic E-state index is 0.661. The third-order valence-corrected chi connectivity index (χ3v) is 6.22. The van der Waals surface area contributed by atoms with Gasteiger partial charge in [-0.3, -0.25) is 0 Å². The van der Waals surface area contributed by atoms with E-state index in [0.717, 1.165) is 6.42 Å². The van der Waals surface area contributed by atoms with E-state index in [0.29, 0.717) is 5.92 Å².